The molecular formula is C14H15ClN4O. The van der Waals surface area contributed by atoms with Crippen molar-refractivity contribution >= 4 is 22.6 Å². The van der Waals surface area contributed by atoms with Gasteiger partial charge in [0.25, 0.3) is 0 Å². The number of fused-ring (bicyclic) bond motifs is 1. The summed E-state index contributed by atoms with van der Waals surface area (Å²) in [6, 6.07) is 5.61. The van der Waals surface area contributed by atoms with Crippen LogP contribution in [-0.4, -0.2) is 24.2 Å². The summed E-state index contributed by atoms with van der Waals surface area (Å²) in [4.78, 5) is 8.44. The molecule has 0 fully saturated rings. The molecule has 6 heteroatoms. The standard InChI is InChI=1S/C14H15ClN4O/c15-11-2-3-13-12(8-11)17-14(9-20)19(13)6-1-5-18-7-4-16-10-18/h2-4,7-8,10,20H,1,5-6,9H2. The molecule has 0 saturated heterocycles. The van der Waals surface area contributed by atoms with Gasteiger partial charge in [0.15, 0.2) is 0 Å². The normalized spacial score (nSPS) is 11.3. The molecule has 0 aliphatic rings. The highest BCUT2D eigenvalue weighted by Crippen LogP contribution is 2.21. The molecule has 0 aliphatic heterocycles. The van der Waals surface area contributed by atoms with Gasteiger partial charge in [-0.2, -0.15) is 0 Å². The van der Waals surface area contributed by atoms with E-state index in [-0.39, 0.29) is 6.61 Å². The van der Waals surface area contributed by atoms with Gasteiger partial charge >= 0.3 is 0 Å². The minimum atomic E-state index is -0.0720. The lowest BCUT2D eigenvalue weighted by molar-refractivity contribution is 0.265. The maximum absolute atomic E-state index is 9.44. The molecule has 2 heterocycles. The molecule has 0 bridgehead atoms. The van der Waals surface area contributed by atoms with Crippen molar-refractivity contribution in [2.75, 3.05) is 0 Å². The number of halogens is 1. The van der Waals surface area contributed by atoms with Crippen molar-refractivity contribution in [1.82, 2.24) is 19.1 Å². The Kier molecular flexibility index (Phi) is 3.71. The van der Waals surface area contributed by atoms with Crippen LogP contribution in [0.1, 0.15) is 12.2 Å². The molecule has 0 amide bonds. The van der Waals surface area contributed by atoms with Crippen molar-refractivity contribution in [3.8, 4) is 0 Å². The first kappa shape index (κ1) is 13.1. The van der Waals surface area contributed by atoms with E-state index < -0.39 is 0 Å². The molecule has 3 rings (SSSR count). The molecule has 1 aromatic carbocycles. The third-order valence-electron chi connectivity index (χ3n) is 3.29. The van der Waals surface area contributed by atoms with Gasteiger partial charge in [0.2, 0.25) is 0 Å². The monoisotopic (exact) mass is 290 g/mol. The Morgan fingerprint density at radius 3 is 2.90 bits per heavy atom. The number of hydrogen-bond donors (Lipinski definition) is 1. The summed E-state index contributed by atoms with van der Waals surface area (Å²) >= 11 is 5.97. The summed E-state index contributed by atoms with van der Waals surface area (Å²) in [5.41, 5.74) is 1.83. The molecule has 3 aromatic rings. The van der Waals surface area contributed by atoms with E-state index in [2.05, 4.69) is 9.97 Å². The molecule has 0 aliphatic carbocycles. The van der Waals surface area contributed by atoms with Gasteiger partial charge in [0, 0.05) is 30.5 Å². The van der Waals surface area contributed by atoms with Crippen molar-refractivity contribution in [3.05, 3.63) is 47.8 Å². The van der Waals surface area contributed by atoms with Gasteiger partial charge in [-0.25, -0.2) is 9.97 Å². The molecule has 0 saturated carbocycles. The van der Waals surface area contributed by atoms with Crippen LogP contribution in [0.25, 0.3) is 11.0 Å². The first-order valence-electron chi connectivity index (χ1n) is 6.49. The third-order valence-corrected chi connectivity index (χ3v) is 3.52. The summed E-state index contributed by atoms with van der Waals surface area (Å²) in [6.45, 7) is 1.61. The predicted octanol–water partition coefficient (Wildman–Crippen LogP) is 2.47. The Hall–Kier alpha value is -1.85. The van der Waals surface area contributed by atoms with Gasteiger partial charge in [-0.1, -0.05) is 11.6 Å². The summed E-state index contributed by atoms with van der Waals surface area (Å²) in [7, 11) is 0. The van der Waals surface area contributed by atoms with Crippen LogP contribution in [0.2, 0.25) is 5.02 Å². The zero-order valence-electron chi connectivity index (χ0n) is 10.9. The van der Waals surface area contributed by atoms with Gasteiger partial charge < -0.3 is 14.2 Å². The Morgan fingerprint density at radius 2 is 2.15 bits per heavy atom. The Morgan fingerprint density at radius 1 is 1.25 bits per heavy atom. The zero-order valence-corrected chi connectivity index (χ0v) is 11.7. The molecule has 0 unspecified atom stereocenters. The number of benzene rings is 1. The fourth-order valence-corrected chi connectivity index (χ4v) is 2.52. The largest absolute Gasteiger partial charge is 0.388 e. The van der Waals surface area contributed by atoms with E-state index in [1.165, 1.54) is 0 Å². The number of imidazole rings is 2. The lowest BCUT2D eigenvalue weighted by atomic mass is 10.3. The van der Waals surface area contributed by atoms with E-state index in [1.54, 1.807) is 12.5 Å². The van der Waals surface area contributed by atoms with Gasteiger partial charge in [-0.15, -0.1) is 0 Å². The first-order chi connectivity index (χ1) is 9.78. The molecule has 0 spiro atoms. The highest BCUT2D eigenvalue weighted by atomic mass is 35.5. The number of nitrogens with zero attached hydrogens (tertiary/aromatic N) is 4. The van der Waals surface area contributed by atoms with Crippen molar-refractivity contribution in [3.63, 3.8) is 0 Å². The third kappa shape index (κ3) is 2.55. The Bertz CT molecular complexity index is 705. The molecule has 2 aromatic heterocycles. The molecule has 104 valence electrons. The molecule has 5 nitrogen and oxygen atoms in total. The number of aliphatic hydroxyl groups excluding tert-OH is 1. The van der Waals surface area contributed by atoms with Gasteiger partial charge in [0.1, 0.15) is 12.4 Å². The van der Waals surface area contributed by atoms with E-state index in [0.717, 1.165) is 30.5 Å². The number of rotatable bonds is 5. The molecule has 0 radical (unpaired) electrons. The highest BCUT2D eigenvalue weighted by molar-refractivity contribution is 6.31. The number of aliphatic hydroxyl groups is 1. The summed E-state index contributed by atoms with van der Waals surface area (Å²) in [5, 5.41) is 10.1. The SMILES string of the molecule is OCc1nc2cc(Cl)ccc2n1CCCn1ccnc1. The Labute approximate surface area is 121 Å². The topological polar surface area (TPSA) is 55.9 Å². The maximum atomic E-state index is 9.44. The van der Waals surface area contributed by atoms with Crippen LogP contribution in [0.4, 0.5) is 0 Å². The molecule has 20 heavy (non-hydrogen) atoms. The lowest BCUT2D eigenvalue weighted by Gasteiger charge is -2.08. The van der Waals surface area contributed by atoms with Crippen LogP contribution in [-0.2, 0) is 19.7 Å². The quantitative estimate of drug-likeness (QED) is 0.785. The van der Waals surface area contributed by atoms with Crippen LogP contribution in [0.5, 0.6) is 0 Å². The highest BCUT2D eigenvalue weighted by Gasteiger charge is 2.10. The van der Waals surface area contributed by atoms with Crippen LogP contribution < -0.4 is 0 Å². The lowest BCUT2D eigenvalue weighted by Crippen LogP contribution is -2.06. The van der Waals surface area contributed by atoms with E-state index in [9.17, 15) is 5.11 Å². The molecule has 0 atom stereocenters. The van der Waals surface area contributed by atoms with E-state index >= 15 is 0 Å². The Balaban J connectivity index is 1.82. The second kappa shape index (κ2) is 5.64. The molecular weight excluding hydrogens is 276 g/mol. The predicted molar refractivity (Wildman–Crippen MR) is 77.5 cm³/mol. The van der Waals surface area contributed by atoms with Crippen molar-refractivity contribution in [1.29, 1.82) is 0 Å². The van der Waals surface area contributed by atoms with Gasteiger partial charge in [-0.3, -0.25) is 0 Å². The van der Waals surface area contributed by atoms with Crippen LogP contribution >= 0.6 is 11.6 Å². The second-order valence-corrected chi connectivity index (χ2v) is 5.06. The second-order valence-electron chi connectivity index (χ2n) is 4.62. The van der Waals surface area contributed by atoms with E-state index in [1.807, 2.05) is 33.5 Å². The van der Waals surface area contributed by atoms with Crippen molar-refractivity contribution < 1.29 is 5.11 Å². The maximum Gasteiger partial charge on any atom is 0.135 e. The first-order valence-corrected chi connectivity index (χ1v) is 6.87. The van der Waals surface area contributed by atoms with Crippen LogP contribution in [0, 0.1) is 0 Å². The van der Waals surface area contributed by atoms with Gasteiger partial charge in [-0.05, 0) is 24.6 Å². The van der Waals surface area contributed by atoms with E-state index in [0.29, 0.717) is 10.8 Å². The fourth-order valence-electron chi connectivity index (χ4n) is 2.35. The minimum Gasteiger partial charge on any atom is -0.388 e. The summed E-state index contributed by atoms with van der Waals surface area (Å²) < 4.78 is 4.08. The number of hydrogen-bond acceptors (Lipinski definition) is 3. The zero-order chi connectivity index (χ0) is 13.9. The average molecular weight is 291 g/mol. The van der Waals surface area contributed by atoms with Crippen molar-refractivity contribution in [2.24, 2.45) is 0 Å². The number of aromatic nitrogens is 4. The summed E-state index contributed by atoms with van der Waals surface area (Å²) in [5.74, 6) is 0.674. The van der Waals surface area contributed by atoms with E-state index in [4.69, 9.17) is 11.6 Å². The smallest absolute Gasteiger partial charge is 0.135 e. The van der Waals surface area contributed by atoms with Crippen molar-refractivity contribution in [2.45, 2.75) is 26.1 Å². The number of aryl methyl sites for hydroxylation is 2. The fraction of sp³-hybridized carbons (Fsp3) is 0.286. The van der Waals surface area contributed by atoms with Crippen LogP contribution in [0.15, 0.2) is 36.9 Å². The van der Waals surface area contributed by atoms with Gasteiger partial charge in [0.05, 0.1) is 17.4 Å². The molecule has 1 N–H and O–H groups in total. The summed E-state index contributed by atoms with van der Waals surface area (Å²) in [6.07, 6.45) is 6.46. The average Bonchev–Trinajstić information content (AvgIpc) is 3.06. The van der Waals surface area contributed by atoms with Crippen LogP contribution in [0.3, 0.4) is 0 Å². The minimum absolute atomic E-state index is 0.0720.